The highest BCUT2D eigenvalue weighted by Crippen LogP contribution is 2.35. The fraction of sp³-hybridized carbons (Fsp3) is 0.500. The Labute approximate surface area is 115 Å². The zero-order valence-electron chi connectivity index (χ0n) is 10.1. The summed E-state index contributed by atoms with van der Waals surface area (Å²) in [5.41, 5.74) is 13.6. The highest BCUT2D eigenvalue weighted by atomic mass is 35.5. The molecule has 0 saturated carbocycles. The second kappa shape index (κ2) is 4.56. The lowest BCUT2D eigenvalue weighted by Gasteiger charge is -2.15. The molecule has 0 radical (unpaired) electrons. The molecule has 2 aromatic rings. The third-order valence-corrected chi connectivity index (χ3v) is 4.31. The Morgan fingerprint density at radius 1 is 1.39 bits per heavy atom. The van der Waals surface area contributed by atoms with Gasteiger partial charge in [0.15, 0.2) is 5.65 Å². The van der Waals surface area contributed by atoms with Gasteiger partial charge in [-0.05, 0) is 0 Å². The van der Waals surface area contributed by atoms with Crippen LogP contribution in [0, 0.1) is 0 Å². The number of rotatable bonds is 0. The second-order valence-corrected chi connectivity index (χ2v) is 5.71. The molecule has 8 heteroatoms. The van der Waals surface area contributed by atoms with Gasteiger partial charge in [-0.25, -0.2) is 9.67 Å². The Morgan fingerprint density at radius 3 is 2.83 bits per heavy atom. The van der Waals surface area contributed by atoms with E-state index in [4.69, 9.17) is 11.5 Å². The van der Waals surface area contributed by atoms with Crippen LogP contribution < -0.4 is 11.5 Å². The molecule has 0 aromatic carbocycles. The molecule has 6 nitrogen and oxygen atoms in total. The zero-order valence-corrected chi connectivity index (χ0v) is 11.8. The molecule has 3 rings (SSSR count). The molecule has 0 aliphatic carbocycles. The van der Waals surface area contributed by atoms with Crippen molar-refractivity contribution in [3.63, 3.8) is 0 Å². The lowest BCUT2D eigenvalue weighted by molar-refractivity contribution is 0.640. The van der Waals surface area contributed by atoms with Crippen molar-refractivity contribution in [3.05, 3.63) is 5.69 Å². The maximum absolute atomic E-state index is 6.13. The summed E-state index contributed by atoms with van der Waals surface area (Å²) in [5, 5.41) is 6.67. The van der Waals surface area contributed by atoms with Gasteiger partial charge < -0.3 is 11.5 Å². The molecule has 18 heavy (non-hydrogen) atoms. The molecule has 4 N–H and O–H groups in total. The number of aromatic nitrogens is 4. The predicted octanol–water partition coefficient (Wildman–Crippen LogP) is 0.731. The van der Waals surface area contributed by atoms with E-state index >= 15 is 0 Å². The quantitative estimate of drug-likeness (QED) is 0.693. The third kappa shape index (κ3) is 1.92. The van der Waals surface area contributed by atoms with Crippen LogP contribution in [0.1, 0.15) is 12.6 Å². The van der Waals surface area contributed by atoms with Crippen molar-refractivity contribution in [1.29, 1.82) is 0 Å². The molecular weight excluding hydrogens is 272 g/mol. The number of halogens is 1. The first-order valence-corrected chi connectivity index (χ1v) is 6.35. The summed E-state index contributed by atoms with van der Waals surface area (Å²) in [6.07, 6.45) is 0.756. The minimum atomic E-state index is 0. The van der Waals surface area contributed by atoms with Crippen LogP contribution in [0.5, 0.6) is 0 Å². The van der Waals surface area contributed by atoms with Gasteiger partial charge in [0, 0.05) is 24.8 Å². The SMILES string of the molecule is CC1Sc2nc(N)nc3c2c(nn3C)CC1N.Cl. The van der Waals surface area contributed by atoms with E-state index in [-0.39, 0.29) is 24.4 Å². The second-order valence-electron chi connectivity index (χ2n) is 4.35. The van der Waals surface area contributed by atoms with Gasteiger partial charge in [0.05, 0.1) is 11.1 Å². The number of aryl methyl sites for hydroxylation is 1. The first kappa shape index (κ1) is 13.4. The van der Waals surface area contributed by atoms with E-state index in [0.717, 1.165) is 28.2 Å². The Morgan fingerprint density at radius 2 is 2.11 bits per heavy atom. The minimum Gasteiger partial charge on any atom is -0.368 e. The molecule has 1 aliphatic heterocycles. The topological polar surface area (TPSA) is 95.6 Å². The summed E-state index contributed by atoms with van der Waals surface area (Å²) in [5.74, 6) is 0.289. The molecular formula is C10H15ClN6S. The van der Waals surface area contributed by atoms with Crippen LogP contribution in [-0.4, -0.2) is 31.0 Å². The highest BCUT2D eigenvalue weighted by molar-refractivity contribution is 8.00. The van der Waals surface area contributed by atoms with Crippen LogP contribution in [0.15, 0.2) is 5.03 Å². The van der Waals surface area contributed by atoms with Gasteiger partial charge in [0.25, 0.3) is 0 Å². The average molecular weight is 287 g/mol. The van der Waals surface area contributed by atoms with Crippen LogP contribution >= 0.6 is 24.2 Å². The molecule has 0 amide bonds. The van der Waals surface area contributed by atoms with Crippen molar-refractivity contribution in [2.24, 2.45) is 12.8 Å². The molecule has 98 valence electrons. The van der Waals surface area contributed by atoms with Crippen molar-refractivity contribution >= 4 is 41.2 Å². The maximum atomic E-state index is 6.13. The molecule has 0 spiro atoms. The third-order valence-electron chi connectivity index (χ3n) is 3.07. The summed E-state index contributed by atoms with van der Waals surface area (Å²) >= 11 is 1.65. The van der Waals surface area contributed by atoms with E-state index in [1.807, 2.05) is 7.05 Å². The average Bonchev–Trinajstić information content (AvgIpc) is 2.49. The lowest BCUT2D eigenvalue weighted by atomic mass is 10.1. The van der Waals surface area contributed by atoms with Gasteiger partial charge in [0.1, 0.15) is 5.03 Å². The van der Waals surface area contributed by atoms with Gasteiger partial charge >= 0.3 is 0 Å². The van der Waals surface area contributed by atoms with Crippen LogP contribution in [0.3, 0.4) is 0 Å². The smallest absolute Gasteiger partial charge is 0.223 e. The first-order valence-electron chi connectivity index (χ1n) is 5.47. The Kier molecular flexibility index (Phi) is 3.39. The monoisotopic (exact) mass is 286 g/mol. The zero-order chi connectivity index (χ0) is 12.2. The Balaban J connectivity index is 0.00000120. The fourth-order valence-electron chi connectivity index (χ4n) is 2.09. The largest absolute Gasteiger partial charge is 0.368 e. The van der Waals surface area contributed by atoms with Crippen molar-refractivity contribution in [3.8, 4) is 0 Å². The first-order chi connectivity index (χ1) is 8.06. The van der Waals surface area contributed by atoms with Gasteiger partial charge in [-0.15, -0.1) is 24.2 Å². The van der Waals surface area contributed by atoms with Gasteiger partial charge in [-0.2, -0.15) is 10.1 Å². The van der Waals surface area contributed by atoms with Gasteiger partial charge in [0.2, 0.25) is 5.95 Å². The van der Waals surface area contributed by atoms with Crippen LogP contribution in [0.25, 0.3) is 11.0 Å². The van der Waals surface area contributed by atoms with Crippen molar-refractivity contribution < 1.29 is 0 Å². The van der Waals surface area contributed by atoms with E-state index < -0.39 is 0 Å². The van der Waals surface area contributed by atoms with E-state index in [2.05, 4.69) is 22.0 Å². The fourth-order valence-corrected chi connectivity index (χ4v) is 3.19. The number of hydrogen-bond acceptors (Lipinski definition) is 6. The maximum Gasteiger partial charge on any atom is 0.223 e. The lowest BCUT2D eigenvalue weighted by Crippen LogP contribution is -2.31. The molecule has 3 heterocycles. The highest BCUT2D eigenvalue weighted by Gasteiger charge is 2.27. The molecule has 2 unspecified atom stereocenters. The number of hydrogen-bond donors (Lipinski definition) is 2. The molecule has 0 saturated heterocycles. The van der Waals surface area contributed by atoms with Crippen LogP contribution in [-0.2, 0) is 13.5 Å². The molecule has 0 fully saturated rings. The van der Waals surface area contributed by atoms with Gasteiger partial charge in [-0.1, -0.05) is 6.92 Å². The van der Waals surface area contributed by atoms with E-state index in [0.29, 0.717) is 5.25 Å². The minimum absolute atomic E-state index is 0. The predicted molar refractivity (Wildman–Crippen MR) is 75.0 cm³/mol. The van der Waals surface area contributed by atoms with Crippen LogP contribution in [0.4, 0.5) is 5.95 Å². The summed E-state index contributed by atoms with van der Waals surface area (Å²) in [6, 6.07) is 0.0773. The normalized spacial score (nSPS) is 22.6. The molecule has 2 aromatic heterocycles. The van der Waals surface area contributed by atoms with Crippen molar-refractivity contribution in [2.45, 2.75) is 29.7 Å². The number of nitrogens with zero attached hydrogens (tertiary/aromatic N) is 4. The molecule has 0 bridgehead atoms. The number of thioether (sulfide) groups is 1. The Bertz CT molecular complexity index is 598. The number of nitrogens with two attached hydrogens (primary N) is 2. The van der Waals surface area contributed by atoms with E-state index in [1.54, 1.807) is 16.4 Å². The number of anilines is 1. The van der Waals surface area contributed by atoms with Crippen LogP contribution in [0.2, 0.25) is 0 Å². The molecule has 2 atom stereocenters. The summed E-state index contributed by atoms with van der Waals surface area (Å²) in [7, 11) is 1.86. The standard InChI is InChI=1S/C10H14N6S.ClH/c1-4-5(11)3-6-7-8(16(2)15-6)13-10(12)14-9(7)17-4;/h4-5H,3,11H2,1-2H3,(H2,12,13,14);1H. The molecule has 1 aliphatic rings. The number of nitrogen functional groups attached to an aromatic ring is 1. The Hall–Kier alpha value is -1.05. The summed E-state index contributed by atoms with van der Waals surface area (Å²) < 4.78 is 1.75. The van der Waals surface area contributed by atoms with E-state index in [1.165, 1.54) is 0 Å². The van der Waals surface area contributed by atoms with Crippen molar-refractivity contribution in [1.82, 2.24) is 19.7 Å². The van der Waals surface area contributed by atoms with E-state index in [9.17, 15) is 0 Å². The summed E-state index contributed by atoms with van der Waals surface area (Å²) in [6.45, 7) is 2.10. The summed E-state index contributed by atoms with van der Waals surface area (Å²) in [4.78, 5) is 8.55. The van der Waals surface area contributed by atoms with Gasteiger partial charge in [-0.3, -0.25) is 0 Å². The van der Waals surface area contributed by atoms with Crippen molar-refractivity contribution in [2.75, 3.05) is 5.73 Å².